The molecule has 1 heterocycles. The summed E-state index contributed by atoms with van der Waals surface area (Å²) in [5.41, 5.74) is 0. The minimum Gasteiger partial charge on any atom is -0.344 e. The SMILES string of the molecule is CN(C)CC1CCNCC1.N.N. The maximum atomic E-state index is 3.37. The molecule has 4 heteroatoms. The topological polar surface area (TPSA) is 85.3 Å². The minimum atomic E-state index is 0. The third-order valence-electron chi connectivity index (χ3n) is 2.08. The molecule has 1 aliphatic heterocycles. The highest BCUT2D eigenvalue weighted by molar-refractivity contribution is 4.69. The summed E-state index contributed by atoms with van der Waals surface area (Å²) in [6.45, 7) is 3.71. The summed E-state index contributed by atoms with van der Waals surface area (Å²) in [5, 5.41) is 3.37. The number of hydrogen-bond acceptors (Lipinski definition) is 4. The van der Waals surface area contributed by atoms with Crippen molar-refractivity contribution in [3.8, 4) is 0 Å². The summed E-state index contributed by atoms with van der Waals surface area (Å²) in [6.07, 6.45) is 2.72. The van der Waals surface area contributed by atoms with Crippen LogP contribution in [0, 0.1) is 5.92 Å². The van der Waals surface area contributed by atoms with Crippen molar-refractivity contribution in [3.63, 3.8) is 0 Å². The summed E-state index contributed by atoms with van der Waals surface area (Å²) in [5.74, 6) is 0.941. The van der Waals surface area contributed by atoms with Crippen molar-refractivity contribution in [3.05, 3.63) is 0 Å². The van der Waals surface area contributed by atoms with Crippen LogP contribution in [-0.2, 0) is 0 Å². The van der Waals surface area contributed by atoms with Crippen molar-refractivity contribution in [2.75, 3.05) is 33.7 Å². The summed E-state index contributed by atoms with van der Waals surface area (Å²) in [7, 11) is 4.31. The van der Waals surface area contributed by atoms with Crippen molar-refractivity contribution in [1.29, 1.82) is 0 Å². The molecule has 1 rings (SSSR count). The zero-order valence-corrected chi connectivity index (χ0v) is 8.47. The molecule has 1 saturated heterocycles. The minimum absolute atomic E-state index is 0. The Morgan fingerprint density at radius 3 is 2.08 bits per heavy atom. The predicted molar refractivity (Wildman–Crippen MR) is 54.2 cm³/mol. The second-order valence-corrected chi connectivity index (χ2v) is 3.46. The molecule has 1 aliphatic rings. The second-order valence-electron chi connectivity index (χ2n) is 3.46. The van der Waals surface area contributed by atoms with Crippen LogP contribution < -0.4 is 17.6 Å². The summed E-state index contributed by atoms with van der Waals surface area (Å²) in [6, 6.07) is 0. The van der Waals surface area contributed by atoms with Crippen LogP contribution in [0.25, 0.3) is 0 Å². The van der Waals surface area contributed by atoms with Gasteiger partial charge in [-0.15, -0.1) is 0 Å². The van der Waals surface area contributed by atoms with Crippen molar-refractivity contribution in [1.82, 2.24) is 22.5 Å². The van der Waals surface area contributed by atoms with Gasteiger partial charge in [0, 0.05) is 6.54 Å². The molecule has 0 bridgehead atoms. The van der Waals surface area contributed by atoms with E-state index in [4.69, 9.17) is 0 Å². The zero-order valence-electron chi connectivity index (χ0n) is 8.47. The van der Waals surface area contributed by atoms with Gasteiger partial charge in [0.1, 0.15) is 0 Å². The first kappa shape index (κ1) is 14.4. The van der Waals surface area contributed by atoms with Crippen molar-refractivity contribution in [2.45, 2.75) is 12.8 Å². The number of nitrogens with zero attached hydrogens (tertiary/aromatic N) is 1. The Hall–Kier alpha value is -0.160. The fraction of sp³-hybridized carbons (Fsp3) is 1.00. The zero-order chi connectivity index (χ0) is 7.40. The third-order valence-corrected chi connectivity index (χ3v) is 2.08. The van der Waals surface area contributed by atoms with Crippen LogP contribution in [0.5, 0.6) is 0 Å². The van der Waals surface area contributed by atoms with Gasteiger partial charge in [0.15, 0.2) is 0 Å². The molecule has 76 valence electrons. The second kappa shape index (κ2) is 7.49. The van der Waals surface area contributed by atoms with Gasteiger partial charge in [-0.3, -0.25) is 0 Å². The molecule has 0 unspecified atom stereocenters. The van der Waals surface area contributed by atoms with Crippen molar-refractivity contribution in [2.24, 2.45) is 5.92 Å². The molecule has 0 aliphatic carbocycles. The Kier molecular flexibility index (Phi) is 8.97. The first-order valence-corrected chi connectivity index (χ1v) is 4.14. The summed E-state index contributed by atoms with van der Waals surface area (Å²) >= 11 is 0. The molecule has 12 heavy (non-hydrogen) atoms. The number of nitrogens with one attached hydrogen (secondary N) is 1. The van der Waals surface area contributed by atoms with Crippen molar-refractivity contribution < 1.29 is 0 Å². The Labute approximate surface area is 75.9 Å². The van der Waals surface area contributed by atoms with E-state index in [1.807, 2.05) is 0 Å². The van der Waals surface area contributed by atoms with Crippen LogP contribution in [0.3, 0.4) is 0 Å². The lowest BCUT2D eigenvalue weighted by Crippen LogP contribution is -2.33. The maximum absolute atomic E-state index is 3.37. The molecule has 0 aromatic carbocycles. The van der Waals surface area contributed by atoms with E-state index in [2.05, 4.69) is 24.3 Å². The quantitative estimate of drug-likeness (QED) is 0.583. The Bertz CT molecular complexity index is 89.1. The van der Waals surface area contributed by atoms with E-state index >= 15 is 0 Å². The van der Waals surface area contributed by atoms with Gasteiger partial charge in [0.25, 0.3) is 0 Å². The third kappa shape index (κ3) is 5.49. The Morgan fingerprint density at radius 1 is 1.17 bits per heavy atom. The predicted octanol–water partition coefficient (Wildman–Crippen LogP) is 0.872. The molecule has 0 aromatic rings. The van der Waals surface area contributed by atoms with Gasteiger partial charge in [-0.25, -0.2) is 0 Å². The van der Waals surface area contributed by atoms with Gasteiger partial charge in [-0.05, 0) is 45.9 Å². The highest BCUT2D eigenvalue weighted by atomic mass is 15.1. The van der Waals surface area contributed by atoms with Gasteiger partial charge in [-0.1, -0.05) is 0 Å². The first-order valence-electron chi connectivity index (χ1n) is 4.14. The molecule has 0 atom stereocenters. The molecule has 0 saturated carbocycles. The largest absolute Gasteiger partial charge is 0.344 e. The van der Waals surface area contributed by atoms with E-state index in [9.17, 15) is 0 Å². The molecule has 7 N–H and O–H groups in total. The molecule has 1 fully saturated rings. The van der Waals surface area contributed by atoms with E-state index in [0.29, 0.717) is 0 Å². The first-order chi connectivity index (χ1) is 4.79. The standard InChI is InChI=1S/C8H18N2.2H3N/c1-10(2)7-8-3-5-9-6-4-8;;/h8-9H,3-7H2,1-2H3;2*1H3. The summed E-state index contributed by atoms with van der Waals surface area (Å²) < 4.78 is 0. The van der Waals surface area contributed by atoms with Gasteiger partial charge < -0.3 is 22.5 Å². The van der Waals surface area contributed by atoms with Crippen LogP contribution in [0.2, 0.25) is 0 Å². The van der Waals surface area contributed by atoms with Crippen LogP contribution >= 0.6 is 0 Å². The van der Waals surface area contributed by atoms with Gasteiger partial charge >= 0.3 is 0 Å². The number of piperidine rings is 1. The van der Waals surface area contributed by atoms with Gasteiger partial charge in [0.05, 0.1) is 0 Å². The van der Waals surface area contributed by atoms with Crippen LogP contribution in [0.4, 0.5) is 0 Å². The maximum Gasteiger partial charge on any atom is 0.000451 e. The average molecular weight is 176 g/mol. The number of hydrogen-bond donors (Lipinski definition) is 3. The monoisotopic (exact) mass is 176 g/mol. The highest BCUT2D eigenvalue weighted by Crippen LogP contribution is 2.11. The van der Waals surface area contributed by atoms with Gasteiger partial charge in [0.2, 0.25) is 0 Å². The molecule has 0 aromatic heterocycles. The fourth-order valence-corrected chi connectivity index (χ4v) is 1.58. The normalized spacial score (nSPS) is 18.2. The lowest BCUT2D eigenvalue weighted by atomic mass is 9.98. The molecule has 0 amide bonds. The van der Waals surface area contributed by atoms with Crippen LogP contribution in [0.15, 0.2) is 0 Å². The van der Waals surface area contributed by atoms with Gasteiger partial charge in [-0.2, -0.15) is 0 Å². The lowest BCUT2D eigenvalue weighted by Gasteiger charge is -2.25. The van der Waals surface area contributed by atoms with Crippen LogP contribution in [-0.4, -0.2) is 38.6 Å². The van der Waals surface area contributed by atoms with Crippen molar-refractivity contribution >= 4 is 0 Å². The molecular weight excluding hydrogens is 152 g/mol. The molecule has 0 spiro atoms. The van der Waals surface area contributed by atoms with Crippen LogP contribution in [0.1, 0.15) is 12.8 Å². The van der Waals surface area contributed by atoms with E-state index < -0.39 is 0 Å². The average Bonchev–Trinajstić information content (AvgIpc) is 1.88. The highest BCUT2D eigenvalue weighted by Gasteiger charge is 2.12. The number of rotatable bonds is 2. The fourth-order valence-electron chi connectivity index (χ4n) is 1.58. The van der Waals surface area contributed by atoms with E-state index in [-0.39, 0.29) is 12.3 Å². The molecule has 0 radical (unpaired) electrons. The smallest absolute Gasteiger partial charge is 0.000451 e. The summed E-state index contributed by atoms with van der Waals surface area (Å²) in [4.78, 5) is 2.29. The Balaban J connectivity index is 0. The van der Waals surface area contributed by atoms with E-state index in [1.54, 1.807) is 0 Å². The molecule has 4 nitrogen and oxygen atoms in total. The Morgan fingerprint density at radius 2 is 1.67 bits per heavy atom. The lowest BCUT2D eigenvalue weighted by molar-refractivity contribution is 0.273. The van der Waals surface area contributed by atoms with E-state index in [0.717, 1.165) is 5.92 Å². The van der Waals surface area contributed by atoms with E-state index in [1.165, 1.54) is 32.5 Å². The molecular formula is C8H24N4.